The summed E-state index contributed by atoms with van der Waals surface area (Å²) in [6.45, 7) is 12.7. The molecule has 3 unspecified atom stereocenters. The van der Waals surface area contributed by atoms with E-state index in [1.165, 1.54) is 62.5 Å². The summed E-state index contributed by atoms with van der Waals surface area (Å²) >= 11 is 0. The lowest BCUT2D eigenvalue weighted by atomic mass is 9.76. The lowest BCUT2D eigenvalue weighted by Gasteiger charge is -2.30. The molecule has 0 bridgehead atoms. The molecule has 1 aliphatic carbocycles. The largest absolute Gasteiger partial charge is 0.462 e. The maximum Gasteiger partial charge on any atom is 0.335 e. The number of aliphatic hydroxyl groups is 2. The van der Waals surface area contributed by atoms with Crippen LogP contribution in [0.2, 0.25) is 0 Å². The lowest BCUT2D eigenvalue weighted by molar-refractivity contribution is -0.168. The third-order valence-electron chi connectivity index (χ3n) is 8.37. The SMILES string of the molecule is C=C(C)C(=O)OCC(CCOC(=O)C(=C)CO)C(O)OCC(C)CCC1CCC(c2ccc(CCCCC)cc2)CC1. The van der Waals surface area contributed by atoms with E-state index in [-0.39, 0.29) is 36.7 Å². The standard InChI is InChI=1S/C35H54O7/c1-6-7-8-9-28-12-16-30(17-13-28)31-18-14-29(15-19-31)11-10-26(4)23-41-35(39)32(24-42-33(37)25(2)3)20-21-40-34(38)27(5)22-36/h12-13,16-17,26,29,31-32,35-36,39H,2,5-11,14-15,18-24H2,1,3-4H3. The Kier molecular flexibility index (Phi) is 16.7. The Morgan fingerprint density at radius 3 is 2.29 bits per heavy atom. The van der Waals surface area contributed by atoms with Crippen LogP contribution in [0.15, 0.2) is 48.6 Å². The van der Waals surface area contributed by atoms with Gasteiger partial charge in [0.2, 0.25) is 0 Å². The Morgan fingerprint density at radius 2 is 1.67 bits per heavy atom. The zero-order valence-electron chi connectivity index (χ0n) is 26.2. The van der Waals surface area contributed by atoms with Gasteiger partial charge in [0.15, 0.2) is 6.29 Å². The van der Waals surface area contributed by atoms with E-state index in [4.69, 9.17) is 19.3 Å². The highest BCUT2D eigenvalue weighted by atomic mass is 16.6. The van der Waals surface area contributed by atoms with Crippen molar-refractivity contribution in [1.82, 2.24) is 0 Å². The molecule has 7 nitrogen and oxygen atoms in total. The Balaban J connectivity index is 1.73. The molecule has 1 fully saturated rings. The second kappa shape index (κ2) is 19.7. The fourth-order valence-corrected chi connectivity index (χ4v) is 5.41. The van der Waals surface area contributed by atoms with Gasteiger partial charge in [-0.3, -0.25) is 0 Å². The van der Waals surface area contributed by atoms with Gasteiger partial charge in [-0.2, -0.15) is 0 Å². The summed E-state index contributed by atoms with van der Waals surface area (Å²) in [5, 5.41) is 19.7. The predicted octanol–water partition coefficient (Wildman–Crippen LogP) is 6.66. The maximum atomic E-state index is 11.9. The van der Waals surface area contributed by atoms with E-state index in [1.807, 2.05) is 0 Å². The van der Waals surface area contributed by atoms with Gasteiger partial charge >= 0.3 is 11.9 Å². The summed E-state index contributed by atoms with van der Waals surface area (Å²) in [4.78, 5) is 23.6. The van der Waals surface area contributed by atoms with Crippen LogP contribution in [-0.4, -0.2) is 54.9 Å². The number of esters is 2. The van der Waals surface area contributed by atoms with Crippen molar-refractivity contribution in [2.45, 2.75) is 104 Å². The highest BCUT2D eigenvalue weighted by Gasteiger charge is 2.25. The van der Waals surface area contributed by atoms with E-state index >= 15 is 0 Å². The topological polar surface area (TPSA) is 102 Å². The van der Waals surface area contributed by atoms with Crippen molar-refractivity contribution in [2.24, 2.45) is 17.8 Å². The van der Waals surface area contributed by atoms with E-state index in [0.29, 0.717) is 12.5 Å². The van der Waals surface area contributed by atoms with Gasteiger partial charge in [-0.25, -0.2) is 9.59 Å². The van der Waals surface area contributed by atoms with Gasteiger partial charge in [0, 0.05) is 11.5 Å². The zero-order valence-corrected chi connectivity index (χ0v) is 26.2. The van der Waals surface area contributed by atoms with Crippen molar-refractivity contribution in [3.63, 3.8) is 0 Å². The van der Waals surface area contributed by atoms with Crippen LogP contribution in [0.25, 0.3) is 0 Å². The molecule has 1 aliphatic rings. The van der Waals surface area contributed by atoms with E-state index in [9.17, 15) is 14.7 Å². The number of aryl methyl sites for hydroxylation is 1. The summed E-state index contributed by atoms with van der Waals surface area (Å²) in [6, 6.07) is 9.34. The molecule has 1 aromatic carbocycles. The molecule has 2 rings (SSSR count). The molecule has 0 spiro atoms. The first kappa shape index (κ1) is 35.7. The Hall–Kier alpha value is -2.48. The van der Waals surface area contributed by atoms with Crippen LogP contribution in [0.3, 0.4) is 0 Å². The highest BCUT2D eigenvalue weighted by molar-refractivity contribution is 5.88. The molecule has 0 radical (unpaired) electrons. The summed E-state index contributed by atoms with van der Waals surface area (Å²) in [6.07, 6.45) is 11.2. The minimum atomic E-state index is -1.18. The maximum absolute atomic E-state index is 11.9. The van der Waals surface area contributed by atoms with Crippen LogP contribution in [-0.2, 0) is 30.2 Å². The molecule has 0 aliphatic heterocycles. The Bertz CT molecular complexity index is 962. The molecular weight excluding hydrogens is 532 g/mol. The molecule has 1 saturated carbocycles. The van der Waals surface area contributed by atoms with Crippen molar-refractivity contribution in [1.29, 1.82) is 0 Å². The number of hydrogen-bond acceptors (Lipinski definition) is 7. The fraction of sp³-hybridized carbons (Fsp3) is 0.657. The third kappa shape index (κ3) is 13.2. The molecule has 236 valence electrons. The molecule has 2 N–H and O–H groups in total. The van der Waals surface area contributed by atoms with Gasteiger partial charge in [0.25, 0.3) is 0 Å². The van der Waals surface area contributed by atoms with Crippen molar-refractivity contribution >= 4 is 11.9 Å². The third-order valence-corrected chi connectivity index (χ3v) is 8.37. The minimum absolute atomic E-state index is 0.0328. The highest BCUT2D eigenvalue weighted by Crippen LogP contribution is 2.38. The summed E-state index contributed by atoms with van der Waals surface area (Å²) < 4.78 is 16.1. The first-order chi connectivity index (χ1) is 20.1. The number of ether oxygens (including phenoxy) is 3. The first-order valence-electron chi connectivity index (χ1n) is 15.8. The molecule has 0 amide bonds. The first-order valence-corrected chi connectivity index (χ1v) is 15.8. The minimum Gasteiger partial charge on any atom is -0.462 e. The van der Waals surface area contributed by atoms with Gasteiger partial charge in [-0.1, -0.05) is 70.5 Å². The summed E-state index contributed by atoms with van der Waals surface area (Å²) in [5.74, 6) is -0.194. The van der Waals surface area contributed by atoms with Gasteiger partial charge in [0.1, 0.15) is 0 Å². The fourth-order valence-electron chi connectivity index (χ4n) is 5.41. The van der Waals surface area contributed by atoms with E-state index in [1.54, 1.807) is 6.92 Å². The quantitative estimate of drug-likeness (QED) is 0.0762. The number of rotatable bonds is 20. The summed E-state index contributed by atoms with van der Waals surface area (Å²) in [7, 11) is 0. The van der Waals surface area contributed by atoms with Crippen LogP contribution in [0.4, 0.5) is 0 Å². The van der Waals surface area contributed by atoms with Crippen LogP contribution in [0.1, 0.15) is 102 Å². The van der Waals surface area contributed by atoms with Crippen LogP contribution in [0, 0.1) is 17.8 Å². The molecule has 7 heteroatoms. The molecule has 3 atom stereocenters. The number of unbranched alkanes of at least 4 members (excludes halogenated alkanes) is 2. The van der Waals surface area contributed by atoms with Gasteiger partial charge in [0.05, 0.1) is 32.0 Å². The normalized spacial score (nSPS) is 19.0. The number of benzene rings is 1. The van der Waals surface area contributed by atoms with Crippen LogP contribution in [0.5, 0.6) is 0 Å². The van der Waals surface area contributed by atoms with E-state index in [2.05, 4.69) is 51.3 Å². The average Bonchev–Trinajstić information content (AvgIpc) is 3.00. The average molecular weight is 587 g/mol. The van der Waals surface area contributed by atoms with Crippen molar-refractivity contribution in [2.75, 3.05) is 26.4 Å². The van der Waals surface area contributed by atoms with Crippen LogP contribution >= 0.6 is 0 Å². The number of carbonyl (C=O) groups excluding carboxylic acids is 2. The van der Waals surface area contributed by atoms with E-state index in [0.717, 1.165) is 18.8 Å². The number of aliphatic hydroxyl groups excluding tert-OH is 2. The van der Waals surface area contributed by atoms with E-state index < -0.39 is 30.8 Å². The molecular formula is C35H54O7. The molecule has 1 aromatic rings. The molecule has 0 heterocycles. The second-order valence-corrected chi connectivity index (χ2v) is 12.1. The number of hydrogen-bond donors (Lipinski definition) is 2. The summed E-state index contributed by atoms with van der Waals surface area (Å²) in [5.41, 5.74) is 3.15. The monoisotopic (exact) mass is 586 g/mol. The van der Waals surface area contributed by atoms with Gasteiger partial charge in [-0.05, 0) is 87.2 Å². The lowest BCUT2D eigenvalue weighted by Crippen LogP contribution is -2.31. The van der Waals surface area contributed by atoms with Crippen molar-refractivity contribution < 1.29 is 34.0 Å². The Morgan fingerprint density at radius 1 is 0.976 bits per heavy atom. The molecule has 42 heavy (non-hydrogen) atoms. The van der Waals surface area contributed by atoms with Gasteiger partial charge in [-0.15, -0.1) is 0 Å². The van der Waals surface area contributed by atoms with Crippen molar-refractivity contribution in [3.8, 4) is 0 Å². The zero-order chi connectivity index (χ0) is 30.9. The van der Waals surface area contributed by atoms with Crippen molar-refractivity contribution in [3.05, 3.63) is 59.7 Å². The molecule has 0 aromatic heterocycles. The molecule has 0 saturated heterocycles. The predicted molar refractivity (Wildman–Crippen MR) is 166 cm³/mol. The van der Waals surface area contributed by atoms with Gasteiger partial charge < -0.3 is 24.4 Å². The Labute approximate surface area is 253 Å². The smallest absolute Gasteiger partial charge is 0.335 e. The van der Waals surface area contributed by atoms with Crippen LogP contribution < -0.4 is 0 Å². The second-order valence-electron chi connectivity index (χ2n) is 12.1. The number of carbonyl (C=O) groups is 2.